The molecule has 0 spiro atoms. The van der Waals surface area contributed by atoms with Gasteiger partial charge in [-0.15, -0.1) is 0 Å². The Morgan fingerprint density at radius 1 is 1.00 bits per heavy atom. The molecular formula is C27H36O9. The van der Waals surface area contributed by atoms with E-state index in [-0.39, 0.29) is 36.6 Å². The third-order valence-electron chi connectivity index (χ3n) is 5.23. The maximum atomic E-state index is 12.6. The molecule has 0 bridgehead atoms. The zero-order valence-corrected chi connectivity index (χ0v) is 21.4. The summed E-state index contributed by atoms with van der Waals surface area (Å²) in [7, 11) is 1.27. The number of hydrogen-bond donors (Lipinski definition) is 0. The molecule has 0 aromatic carbocycles. The number of esters is 4. The summed E-state index contributed by atoms with van der Waals surface area (Å²) in [4.78, 5) is 58.0. The van der Waals surface area contributed by atoms with Crippen LogP contribution in [0.15, 0.2) is 48.1 Å². The molecule has 9 heteroatoms. The summed E-state index contributed by atoms with van der Waals surface area (Å²) in [6.07, 6.45) is 14.7. The van der Waals surface area contributed by atoms with Crippen molar-refractivity contribution in [1.29, 1.82) is 0 Å². The van der Waals surface area contributed by atoms with Crippen molar-refractivity contribution in [3.05, 3.63) is 48.1 Å². The van der Waals surface area contributed by atoms with Gasteiger partial charge in [0.15, 0.2) is 11.4 Å². The molecule has 198 valence electrons. The topological polar surface area (TPSA) is 122 Å². The molecular weight excluding hydrogens is 468 g/mol. The average Bonchev–Trinajstić information content (AvgIpc) is 3.10. The van der Waals surface area contributed by atoms with Gasteiger partial charge in [0.05, 0.1) is 13.7 Å². The lowest BCUT2D eigenvalue weighted by Gasteiger charge is -2.27. The van der Waals surface area contributed by atoms with E-state index in [2.05, 4.69) is 4.74 Å². The van der Waals surface area contributed by atoms with Crippen molar-refractivity contribution >= 4 is 29.7 Å². The smallest absolute Gasteiger partial charge is 0.305 e. The summed E-state index contributed by atoms with van der Waals surface area (Å²) < 4.78 is 20.3. The molecule has 2 atom stereocenters. The monoisotopic (exact) mass is 504 g/mol. The molecule has 0 unspecified atom stereocenters. The molecule has 0 saturated carbocycles. The molecule has 1 aliphatic rings. The highest BCUT2D eigenvalue weighted by Crippen LogP contribution is 2.34. The van der Waals surface area contributed by atoms with E-state index >= 15 is 0 Å². The lowest BCUT2D eigenvalue weighted by Crippen LogP contribution is -2.33. The lowest BCUT2D eigenvalue weighted by molar-refractivity contribution is -0.149. The van der Waals surface area contributed by atoms with E-state index in [0.717, 1.165) is 25.7 Å². The van der Waals surface area contributed by atoms with Gasteiger partial charge in [0.1, 0.15) is 6.10 Å². The summed E-state index contributed by atoms with van der Waals surface area (Å²) in [5.74, 6) is -2.05. The van der Waals surface area contributed by atoms with Gasteiger partial charge in [-0.2, -0.15) is 0 Å². The fourth-order valence-corrected chi connectivity index (χ4v) is 3.57. The minimum absolute atomic E-state index is 0.0573. The molecule has 0 aromatic heterocycles. The molecule has 0 radical (unpaired) electrons. The van der Waals surface area contributed by atoms with E-state index in [1.807, 2.05) is 12.2 Å². The third kappa shape index (κ3) is 11.8. The van der Waals surface area contributed by atoms with Gasteiger partial charge in [-0.25, -0.2) is 0 Å². The van der Waals surface area contributed by atoms with E-state index in [1.54, 1.807) is 18.2 Å². The molecule has 0 heterocycles. The van der Waals surface area contributed by atoms with Crippen LogP contribution >= 0.6 is 0 Å². The Hall–Kier alpha value is -3.49. The van der Waals surface area contributed by atoms with Crippen LogP contribution in [0.5, 0.6) is 0 Å². The minimum atomic E-state index is -1.23. The van der Waals surface area contributed by atoms with Crippen LogP contribution in [0.3, 0.4) is 0 Å². The van der Waals surface area contributed by atoms with Crippen LogP contribution in [0.1, 0.15) is 65.7 Å². The van der Waals surface area contributed by atoms with Crippen LogP contribution in [0.4, 0.5) is 0 Å². The Labute approximate surface area is 212 Å². The first-order valence-electron chi connectivity index (χ1n) is 11.9. The van der Waals surface area contributed by atoms with E-state index < -0.39 is 29.6 Å². The van der Waals surface area contributed by atoms with Gasteiger partial charge in [0, 0.05) is 39.2 Å². The third-order valence-corrected chi connectivity index (χ3v) is 5.23. The fraction of sp³-hybridized carbons (Fsp3) is 0.519. The Bertz CT molecular complexity index is 910. The van der Waals surface area contributed by atoms with Gasteiger partial charge >= 0.3 is 23.9 Å². The van der Waals surface area contributed by atoms with Gasteiger partial charge in [-0.3, -0.25) is 24.0 Å². The van der Waals surface area contributed by atoms with Crippen LogP contribution in [-0.2, 0) is 42.9 Å². The molecule has 0 aliphatic heterocycles. The summed E-state index contributed by atoms with van der Waals surface area (Å²) in [6, 6.07) is 0. The zero-order valence-electron chi connectivity index (χ0n) is 21.4. The summed E-state index contributed by atoms with van der Waals surface area (Å²) in [5.41, 5.74) is -0.961. The van der Waals surface area contributed by atoms with Crippen molar-refractivity contribution < 1.29 is 42.9 Å². The quantitative estimate of drug-likeness (QED) is 0.108. The molecule has 9 nitrogen and oxygen atoms in total. The Morgan fingerprint density at radius 2 is 1.75 bits per heavy atom. The van der Waals surface area contributed by atoms with Gasteiger partial charge in [-0.05, 0) is 50.3 Å². The Balaban J connectivity index is 2.87. The molecule has 0 aromatic rings. The SMILES string of the molecule is COC(=O)CC[C@@H](/C=C/C=C1C(=O)C=C[C@]1(C/C=C\CCCCCOC(C)=O)OC(C)=O)OC(C)=O. The van der Waals surface area contributed by atoms with Crippen LogP contribution in [0.2, 0.25) is 0 Å². The number of ketones is 1. The average molecular weight is 505 g/mol. The highest BCUT2D eigenvalue weighted by molar-refractivity contribution is 6.09. The first kappa shape index (κ1) is 30.5. The second kappa shape index (κ2) is 16.2. The standard InChI is InChI=1S/C27H36O9/c1-20(28)34-19-10-8-6-5-7-9-17-27(36-22(3)30)18-16-25(31)24(27)13-11-12-23(35-21(2)29)14-15-26(32)33-4/h7,9,11-13,16,18,23H,5-6,8,10,14-15,17,19H2,1-4H3/b9-7-,12-11+,24-13?/t23-,27+/m1/s1. The number of carbonyl (C=O) groups is 5. The van der Waals surface area contributed by atoms with Crippen LogP contribution in [-0.4, -0.2) is 55.1 Å². The number of carbonyl (C=O) groups excluding carboxylic acids is 5. The van der Waals surface area contributed by atoms with E-state index in [4.69, 9.17) is 14.2 Å². The van der Waals surface area contributed by atoms with Crippen LogP contribution < -0.4 is 0 Å². The fourth-order valence-electron chi connectivity index (χ4n) is 3.57. The van der Waals surface area contributed by atoms with Crippen molar-refractivity contribution in [2.75, 3.05) is 13.7 Å². The second-order valence-corrected chi connectivity index (χ2v) is 8.27. The van der Waals surface area contributed by atoms with Gasteiger partial charge < -0.3 is 18.9 Å². The number of methoxy groups -OCH3 is 1. The highest BCUT2D eigenvalue weighted by atomic mass is 16.6. The van der Waals surface area contributed by atoms with E-state index in [9.17, 15) is 24.0 Å². The molecule has 0 amide bonds. The van der Waals surface area contributed by atoms with Crippen LogP contribution in [0, 0.1) is 0 Å². The summed E-state index contributed by atoms with van der Waals surface area (Å²) >= 11 is 0. The second-order valence-electron chi connectivity index (χ2n) is 8.27. The summed E-state index contributed by atoms with van der Waals surface area (Å²) in [5, 5.41) is 0. The molecule has 1 rings (SSSR count). The predicted molar refractivity (Wildman–Crippen MR) is 132 cm³/mol. The number of ether oxygens (including phenoxy) is 4. The first-order chi connectivity index (χ1) is 17.1. The maximum Gasteiger partial charge on any atom is 0.305 e. The number of unbranched alkanes of at least 4 members (excludes halogenated alkanes) is 3. The molecule has 0 fully saturated rings. The number of rotatable bonds is 15. The zero-order chi connectivity index (χ0) is 27.0. The molecule has 0 saturated heterocycles. The van der Waals surface area contributed by atoms with Crippen molar-refractivity contribution in [2.24, 2.45) is 0 Å². The number of allylic oxidation sites excluding steroid dienone is 4. The summed E-state index contributed by atoms with van der Waals surface area (Å²) in [6.45, 7) is 4.33. The lowest BCUT2D eigenvalue weighted by atomic mass is 9.91. The molecule has 36 heavy (non-hydrogen) atoms. The molecule has 0 N–H and O–H groups in total. The van der Waals surface area contributed by atoms with Gasteiger partial charge in [0.25, 0.3) is 0 Å². The normalized spacial score (nSPS) is 19.1. The predicted octanol–water partition coefficient (Wildman–Crippen LogP) is 3.86. The number of hydrogen-bond acceptors (Lipinski definition) is 9. The van der Waals surface area contributed by atoms with E-state index in [1.165, 1.54) is 40.0 Å². The van der Waals surface area contributed by atoms with Crippen molar-refractivity contribution in [1.82, 2.24) is 0 Å². The van der Waals surface area contributed by atoms with Crippen LogP contribution in [0.25, 0.3) is 0 Å². The van der Waals surface area contributed by atoms with Gasteiger partial charge in [0.2, 0.25) is 0 Å². The van der Waals surface area contributed by atoms with Crippen molar-refractivity contribution in [3.8, 4) is 0 Å². The highest BCUT2D eigenvalue weighted by Gasteiger charge is 2.41. The van der Waals surface area contributed by atoms with Gasteiger partial charge in [-0.1, -0.05) is 24.3 Å². The largest absolute Gasteiger partial charge is 0.469 e. The van der Waals surface area contributed by atoms with Crippen molar-refractivity contribution in [2.45, 2.75) is 77.4 Å². The van der Waals surface area contributed by atoms with E-state index in [0.29, 0.717) is 6.61 Å². The van der Waals surface area contributed by atoms with Crippen molar-refractivity contribution in [3.63, 3.8) is 0 Å². The minimum Gasteiger partial charge on any atom is -0.469 e. The first-order valence-corrected chi connectivity index (χ1v) is 11.9. The maximum absolute atomic E-state index is 12.6. The Morgan fingerprint density at radius 3 is 2.39 bits per heavy atom. The molecule has 1 aliphatic carbocycles. The Kier molecular flexibility index (Phi) is 13.8.